The highest BCUT2D eigenvalue weighted by atomic mass is 35.5. The SMILES string of the molecule is Cc1cccc(S)c1CN.Cl. The van der Waals surface area contributed by atoms with Crippen molar-refractivity contribution >= 4 is 25.0 Å². The lowest BCUT2D eigenvalue weighted by molar-refractivity contribution is 1.01. The molecule has 3 heteroatoms. The Kier molecular flexibility index (Phi) is 4.57. The average Bonchev–Trinajstić information content (AvgIpc) is 1.88. The molecule has 1 rings (SSSR count). The highest BCUT2D eigenvalue weighted by Gasteiger charge is 1.97. The molecule has 2 N–H and O–H groups in total. The van der Waals surface area contributed by atoms with Gasteiger partial charge in [0.15, 0.2) is 0 Å². The summed E-state index contributed by atoms with van der Waals surface area (Å²) in [6.07, 6.45) is 0. The van der Waals surface area contributed by atoms with Crippen molar-refractivity contribution < 1.29 is 0 Å². The summed E-state index contributed by atoms with van der Waals surface area (Å²) < 4.78 is 0. The zero-order valence-corrected chi connectivity index (χ0v) is 8.08. The van der Waals surface area contributed by atoms with Crippen LogP contribution in [0.4, 0.5) is 0 Å². The molecule has 62 valence electrons. The van der Waals surface area contributed by atoms with E-state index in [-0.39, 0.29) is 12.4 Å². The van der Waals surface area contributed by atoms with Gasteiger partial charge in [0.05, 0.1) is 0 Å². The van der Waals surface area contributed by atoms with Crippen LogP contribution < -0.4 is 5.73 Å². The smallest absolute Gasteiger partial charge is 0.0191 e. The summed E-state index contributed by atoms with van der Waals surface area (Å²) in [6, 6.07) is 5.98. The highest BCUT2D eigenvalue weighted by Crippen LogP contribution is 2.16. The average molecular weight is 190 g/mol. The van der Waals surface area contributed by atoms with Crippen LogP contribution in [0.5, 0.6) is 0 Å². The van der Waals surface area contributed by atoms with E-state index in [1.165, 1.54) is 5.56 Å². The molecule has 0 fully saturated rings. The maximum absolute atomic E-state index is 5.50. The van der Waals surface area contributed by atoms with Crippen molar-refractivity contribution in [3.8, 4) is 0 Å². The summed E-state index contributed by atoms with van der Waals surface area (Å²) in [5.74, 6) is 0. The predicted molar refractivity (Wildman–Crippen MR) is 53.6 cm³/mol. The Balaban J connectivity index is 0.000001000. The summed E-state index contributed by atoms with van der Waals surface area (Å²) >= 11 is 4.27. The van der Waals surface area contributed by atoms with Gasteiger partial charge >= 0.3 is 0 Å². The maximum Gasteiger partial charge on any atom is 0.0191 e. The van der Waals surface area contributed by atoms with Crippen LogP contribution in [0, 0.1) is 6.92 Å². The second-order valence-electron chi connectivity index (χ2n) is 2.28. The van der Waals surface area contributed by atoms with Crippen LogP contribution in [0.15, 0.2) is 23.1 Å². The molecule has 0 aliphatic carbocycles. The third-order valence-electron chi connectivity index (χ3n) is 1.59. The molecule has 1 nitrogen and oxygen atoms in total. The standard InChI is InChI=1S/C8H11NS.ClH/c1-6-3-2-4-8(10)7(6)5-9;/h2-4,10H,5,9H2,1H3;1H. The second kappa shape index (κ2) is 4.65. The van der Waals surface area contributed by atoms with Gasteiger partial charge in [-0.3, -0.25) is 0 Å². The molecule has 1 aromatic carbocycles. The molecule has 1 aromatic rings. The van der Waals surface area contributed by atoms with Crippen molar-refractivity contribution in [3.05, 3.63) is 29.3 Å². The number of rotatable bonds is 1. The van der Waals surface area contributed by atoms with Gasteiger partial charge in [0.2, 0.25) is 0 Å². The molecule has 0 saturated carbocycles. The molecule has 0 aromatic heterocycles. The van der Waals surface area contributed by atoms with Crippen LogP contribution >= 0.6 is 25.0 Å². The lowest BCUT2D eigenvalue weighted by Crippen LogP contribution is -1.99. The molecule has 0 spiro atoms. The number of thiol groups is 1. The number of halogens is 1. The number of benzene rings is 1. The van der Waals surface area contributed by atoms with Crippen molar-refractivity contribution in [2.24, 2.45) is 5.73 Å². The fraction of sp³-hybridized carbons (Fsp3) is 0.250. The van der Waals surface area contributed by atoms with E-state index in [0.29, 0.717) is 6.54 Å². The Hall–Kier alpha value is -0.180. The Bertz CT molecular complexity index is 217. The van der Waals surface area contributed by atoms with Gasteiger partial charge < -0.3 is 5.73 Å². The van der Waals surface area contributed by atoms with E-state index in [9.17, 15) is 0 Å². The first-order chi connectivity index (χ1) is 4.75. The van der Waals surface area contributed by atoms with E-state index in [2.05, 4.69) is 12.6 Å². The number of aryl methyl sites for hydroxylation is 1. The molecule has 0 saturated heterocycles. The van der Waals surface area contributed by atoms with Gasteiger partial charge in [0.25, 0.3) is 0 Å². The topological polar surface area (TPSA) is 26.0 Å². The van der Waals surface area contributed by atoms with Crippen molar-refractivity contribution in [3.63, 3.8) is 0 Å². The Morgan fingerprint density at radius 2 is 2.09 bits per heavy atom. The van der Waals surface area contributed by atoms with Gasteiger partial charge in [-0.1, -0.05) is 12.1 Å². The number of nitrogens with two attached hydrogens (primary N) is 1. The van der Waals surface area contributed by atoms with Crippen molar-refractivity contribution in [1.29, 1.82) is 0 Å². The normalized spacial score (nSPS) is 9.00. The lowest BCUT2D eigenvalue weighted by atomic mass is 10.1. The van der Waals surface area contributed by atoms with Crippen molar-refractivity contribution in [2.45, 2.75) is 18.4 Å². The molecule has 0 unspecified atom stereocenters. The summed E-state index contributed by atoms with van der Waals surface area (Å²) in [5.41, 5.74) is 7.86. The largest absolute Gasteiger partial charge is 0.326 e. The first kappa shape index (κ1) is 10.8. The monoisotopic (exact) mass is 189 g/mol. The maximum atomic E-state index is 5.50. The first-order valence-corrected chi connectivity index (χ1v) is 3.68. The fourth-order valence-corrected chi connectivity index (χ4v) is 1.31. The van der Waals surface area contributed by atoms with Crippen molar-refractivity contribution in [1.82, 2.24) is 0 Å². The molecule has 0 bridgehead atoms. The van der Waals surface area contributed by atoms with Crippen LogP contribution in [0.3, 0.4) is 0 Å². The minimum absolute atomic E-state index is 0. The lowest BCUT2D eigenvalue weighted by Gasteiger charge is -2.04. The highest BCUT2D eigenvalue weighted by molar-refractivity contribution is 7.80. The molecular weight excluding hydrogens is 178 g/mol. The van der Waals surface area contributed by atoms with Crippen LogP contribution in [0.25, 0.3) is 0 Å². The summed E-state index contributed by atoms with van der Waals surface area (Å²) in [4.78, 5) is 0.988. The van der Waals surface area contributed by atoms with Gasteiger partial charge in [0, 0.05) is 11.4 Å². The van der Waals surface area contributed by atoms with Gasteiger partial charge in [-0.2, -0.15) is 0 Å². The first-order valence-electron chi connectivity index (χ1n) is 3.23. The molecule has 0 aliphatic heterocycles. The van der Waals surface area contributed by atoms with Gasteiger partial charge in [-0.05, 0) is 24.1 Å². The van der Waals surface area contributed by atoms with Crippen LogP contribution in [0.1, 0.15) is 11.1 Å². The Morgan fingerprint density at radius 3 is 2.45 bits per heavy atom. The van der Waals surface area contributed by atoms with Gasteiger partial charge in [-0.15, -0.1) is 25.0 Å². The van der Waals surface area contributed by atoms with Crippen LogP contribution in [-0.2, 0) is 6.54 Å². The second-order valence-corrected chi connectivity index (χ2v) is 2.76. The van der Waals surface area contributed by atoms with Crippen LogP contribution in [-0.4, -0.2) is 0 Å². The fourth-order valence-electron chi connectivity index (χ4n) is 0.952. The quantitative estimate of drug-likeness (QED) is 0.651. The molecule has 11 heavy (non-hydrogen) atoms. The molecule has 0 radical (unpaired) electrons. The van der Waals surface area contributed by atoms with E-state index < -0.39 is 0 Å². The third kappa shape index (κ3) is 2.40. The van der Waals surface area contributed by atoms with Crippen LogP contribution in [0.2, 0.25) is 0 Å². The summed E-state index contributed by atoms with van der Waals surface area (Å²) in [5, 5.41) is 0. The number of hydrogen-bond donors (Lipinski definition) is 2. The minimum Gasteiger partial charge on any atom is -0.326 e. The molecular formula is C8H12ClNS. The van der Waals surface area contributed by atoms with E-state index in [1.54, 1.807) is 0 Å². The van der Waals surface area contributed by atoms with E-state index in [4.69, 9.17) is 5.73 Å². The molecule has 0 heterocycles. The zero-order valence-electron chi connectivity index (χ0n) is 6.37. The zero-order chi connectivity index (χ0) is 7.56. The minimum atomic E-state index is 0. The van der Waals surface area contributed by atoms with E-state index in [0.717, 1.165) is 10.5 Å². The van der Waals surface area contributed by atoms with E-state index >= 15 is 0 Å². The summed E-state index contributed by atoms with van der Waals surface area (Å²) in [7, 11) is 0. The molecule has 0 amide bonds. The van der Waals surface area contributed by atoms with Gasteiger partial charge in [0.1, 0.15) is 0 Å². The predicted octanol–water partition coefficient (Wildman–Crippen LogP) is 2.16. The summed E-state index contributed by atoms with van der Waals surface area (Å²) in [6.45, 7) is 2.62. The Morgan fingerprint density at radius 1 is 1.45 bits per heavy atom. The number of hydrogen-bond acceptors (Lipinski definition) is 2. The molecule has 0 atom stereocenters. The van der Waals surface area contributed by atoms with Gasteiger partial charge in [-0.25, -0.2) is 0 Å². The molecule has 0 aliphatic rings. The third-order valence-corrected chi connectivity index (χ3v) is 2.01. The van der Waals surface area contributed by atoms with Crippen molar-refractivity contribution in [2.75, 3.05) is 0 Å². The van der Waals surface area contributed by atoms with E-state index in [1.807, 2.05) is 25.1 Å². The Labute approximate surface area is 78.8 Å².